The molecule has 1 amide bonds. The van der Waals surface area contributed by atoms with Crippen molar-refractivity contribution in [1.29, 1.82) is 0 Å². The number of phenolic OH excluding ortho intramolecular Hbond substituents is 1. The molecular formula is C13H18N2O2. The molecule has 1 saturated carbocycles. The number of aromatic hydroxyl groups is 1. The van der Waals surface area contributed by atoms with Crippen LogP contribution < -0.4 is 11.1 Å². The van der Waals surface area contributed by atoms with E-state index in [1.165, 1.54) is 12.8 Å². The maximum atomic E-state index is 11.5. The first-order valence-electron chi connectivity index (χ1n) is 6.01. The molecular weight excluding hydrogens is 216 g/mol. The van der Waals surface area contributed by atoms with Crippen molar-refractivity contribution in [3.63, 3.8) is 0 Å². The predicted molar refractivity (Wildman–Crippen MR) is 65.4 cm³/mol. The lowest BCUT2D eigenvalue weighted by Crippen LogP contribution is -2.38. The highest BCUT2D eigenvalue weighted by Crippen LogP contribution is 2.26. The predicted octanol–water partition coefficient (Wildman–Crippen LogP) is 1.45. The van der Waals surface area contributed by atoms with Gasteiger partial charge in [0.25, 0.3) is 0 Å². The van der Waals surface area contributed by atoms with E-state index in [-0.39, 0.29) is 5.75 Å². The number of hydrogen-bond donors (Lipinski definition) is 3. The maximum absolute atomic E-state index is 11.5. The number of nitrogens with two attached hydrogens (primary N) is 1. The highest BCUT2D eigenvalue weighted by molar-refractivity contribution is 5.82. The van der Waals surface area contributed by atoms with E-state index in [0.29, 0.717) is 11.6 Å². The lowest BCUT2D eigenvalue weighted by atomic mass is 10.0. The van der Waals surface area contributed by atoms with Crippen molar-refractivity contribution < 1.29 is 9.90 Å². The standard InChI is InChI=1S/C13H18N2O2/c14-13(17)12(15-9-5-1-2-6-9)10-7-3-4-8-11(10)16/h3-4,7-9,12,15-16H,1-2,5-6H2,(H2,14,17). The molecule has 0 radical (unpaired) electrons. The molecule has 4 heteroatoms. The van der Waals surface area contributed by atoms with Gasteiger partial charge in [-0.05, 0) is 18.9 Å². The van der Waals surface area contributed by atoms with Crippen LogP contribution in [0.2, 0.25) is 0 Å². The Balaban J connectivity index is 2.17. The molecule has 4 N–H and O–H groups in total. The molecule has 0 heterocycles. The molecule has 1 aliphatic rings. The fourth-order valence-corrected chi connectivity index (χ4v) is 2.38. The van der Waals surface area contributed by atoms with E-state index in [9.17, 15) is 9.90 Å². The molecule has 0 aliphatic heterocycles. The highest BCUT2D eigenvalue weighted by Gasteiger charge is 2.25. The van der Waals surface area contributed by atoms with E-state index in [1.807, 2.05) is 0 Å². The van der Waals surface area contributed by atoms with Gasteiger partial charge in [-0.1, -0.05) is 31.0 Å². The van der Waals surface area contributed by atoms with Crippen LogP contribution in [-0.4, -0.2) is 17.1 Å². The van der Waals surface area contributed by atoms with Crippen molar-refractivity contribution in [2.45, 2.75) is 37.8 Å². The summed E-state index contributed by atoms with van der Waals surface area (Å²) in [6.45, 7) is 0. The van der Waals surface area contributed by atoms with E-state index in [4.69, 9.17) is 5.73 Å². The minimum atomic E-state index is -0.598. The van der Waals surface area contributed by atoms with Crippen LogP contribution in [0.25, 0.3) is 0 Å². The van der Waals surface area contributed by atoms with Crippen LogP contribution in [0.1, 0.15) is 37.3 Å². The number of rotatable bonds is 4. The molecule has 1 atom stereocenters. The Morgan fingerprint density at radius 1 is 1.35 bits per heavy atom. The average molecular weight is 234 g/mol. The smallest absolute Gasteiger partial charge is 0.239 e. The minimum Gasteiger partial charge on any atom is -0.508 e. The van der Waals surface area contributed by atoms with Crippen molar-refractivity contribution in [3.05, 3.63) is 29.8 Å². The van der Waals surface area contributed by atoms with Crippen molar-refractivity contribution in [1.82, 2.24) is 5.32 Å². The summed E-state index contributed by atoms with van der Waals surface area (Å²) in [6, 6.07) is 6.55. The molecule has 4 nitrogen and oxygen atoms in total. The second-order valence-corrected chi connectivity index (χ2v) is 4.54. The molecule has 2 rings (SSSR count). The molecule has 1 aromatic carbocycles. The number of nitrogens with one attached hydrogen (secondary N) is 1. The molecule has 1 unspecified atom stereocenters. The Labute approximate surface area is 101 Å². The summed E-state index contributed by atoms with van der Waals surface area (Å²) >= 11 is 0. The number of para-hydroxylation sites is 1. The summed E-state index contributed by atoms with van der Waals surface area (Å²) in [5, 5.41) is 13.0. The zero-order chi connectivity index (χ0) is 12.3. The van der Waals surface area contributed by atoms with Crippen LogP contribution in [0.3, 0.4) is 0 Å². The summed E-state index contributed by atoms with van der Waals surface area (Å²) in [4.78, 5) is 11.5. The largest absolute Gasteiger partial charge is 0.508 e. The Morgan fingerprint density at radius 3 is 2.59 bits per heavy atom. The summed E-state index contributed by atoms with van der Waals surface area (Å²) in [7, 11) is 0. The normalized spacial score (nSPS) is 18.1. The number of carbonyl (C=O) groups excluding carboxylic acids is 1. The van der Waals surface area contributed by atoms with Crippen LogP contribution >= 0.6 is 0 Å². The SMILES string of the molecule is NC(=O)C(NC1CCCC1)c1ccccc1O. The van der Waals surface area contributed by atoms with Crippen LogP contribution in [0.4, 0.5) is 0 Å². The molecule has 1 aromatic rings. The van der Waals surface area contributed by atoms with Gasteiger partial charge in [0.05, 0.1) is 0 Å². The van der Waals surface area contributed by atoms with Gasteiger partial charge in [0.2, 0.25) is 5.91 Å². The fourth-order valence-electron chi connectivity index (χ4n) is 2.38. The first-order valence-corrected chi connectivity index (χ1v) is 6.01. The average Bonchev–Trinajstić information content (AvgIpc) is 2.79. The molecule has 1 fully saturated rings. The zero-order valence-electron chi connectivity index (χ0n) is 9.73. The number of hydrogen-bond acceptors (Lipinski definition) is 3. The lowest BCUT2D eigenvalue weighted by Gasteiger charge is -2.21. The molecule has 0 spiro atoms. The first kappa shape index (κ1) is 11.9. The van der Waals surface area contributed by atoms with Crippen LogP contribution in [0.5, 0.6) is 5.75 Å². The number of phenols is 1. The second kappa shape index (κ2) is 5.19. The summed E-state index contributed by atoms with van der Waals surface area (Å²) in [5.74, 6) is -0.333. The molecule has 1 aliphatic carbocycles. The molecule has 92 valence electrons. The molecule has 17 heavy (non-hydrogen) atoms. The van der Waals surface area contributed by atoms with E-state index in [0.717, 1.165) is 12.8 Å². The number of carbonyl (C=O) groups is 1. The third-order valence-corrected chi connectivity index (χ3v) is 3.29. The van der Waals surface area contributed by atoms with Crippen molar-refractivity contribution in [2.75, 3.05) is 0 Å². The van der Waals surface area contributed by atoms with Crippen molar-refractivity contribution >= 4 is 5.91 Å². The minimum absolute atomic E-state index is 0.113. The lowest BCUT2D eigenvalue weighted by molar-refractivity contribution is -0.120. The topological polar surface area (TPSA) is 75.4 Å². The number of primary amides is 1. The Hall–Kier alpha value is -1.55. The number of benzene rings is 1. The van der Waals surface area contributed by atoms with E-state index in [2.05, 4.69) is 5.32 Å². The van der Waals surface area contributed by atoms with Gasteiger partial charge in [0, 0.05) is 11.6 Å². The van der Waals surface area contributed by atoms with Gasteiger partial charge < -0.3 is 10.8 Å². The van der Waals surface area contributed by atoms with Crippen LogP contribution in [0, 0.1) is 0 Å². The summed E-state index contributed by atoms with van der Waals surface area (Å²) < 4.78 is 0. The summed E-state index contributed by atoms with van der Waals surface area (Å²) in [5.41, 5.74) is 5.97. The van der Waals surface area contributed by atoms with E-state index in [1.54, 1.807) is 24.3 Å². The third kappa shape index (κ3) is 2.77. The molecule has 0 bridgehead atoms. The molecule has 0 saturated heterocycles. The van der Waals surface area contributed by atoms with Gasteiger partial charge in [-0.2, -0.15) is 0 Å². The summed E-state index contributed by atoms with van der Waals surface area (Å²) in [6.07, 6.45) is 4.50. The van der Waals surface area contributed by atoms with Gasteiger partial charge in [0.1, 0.15) is 11.8 Å². The van der Waals surface area contributed by atoms with Crippen LogP contribution in [0.15, 0.2) is 24.3 Å². The Kier molecular flexibility index (Phi) is 3.64. The number of amides is 1. The maximum Gasteiger partial charge on any atom is 0.239 e. The van der Waals surface area contributed by atoms with Crippen molar-refractivity contribution in [2.24, 2.45) is 5.73 Å². The first-order chi connectivity index (χ1) is 8.18. The quantitative estimate of drug-likeness (QED) is 0.738. The van der Waals surface area contributed by atoms with Gasteiger partial charge in [-0.15, -0.1) is 0 Å². The fraction of sp³-hybridized carbons (Fsp3) is 0.462. The van der Waals surface area contributed by atoms with Gasteiger partial charge in [-0.3, -0.25) is 10.1 Å². The second-order valence-electron chi connectivity index (χ2n) is 4.54. The molecule has 0 aromatic heterocycles. The third-order valence-electron chi connectivity index (χ3n) is 3.29. The van der Waals surface area contributed by atoms with Gasteiger partial charge >= 0.3 is 0 Å². The van der Waals surface area contributed by atoms with Crippen LogP contribution in [-0.2, 0) is 4.79 Å². The highest BCUT2D eigenvalue weighted by atomic mass is 16.3. The van der Waals surface area contributed by atoms with E-state index >= 15 is 0 Å². The van der Waals surface area contributed by atoms with Crippen molar-refractivity contribution in [3.8, 4) is 5.75 Å². The monoisotopic (exact) mass is 234 g/mol. The van der Waals surface area contributed by atoms with Gasteiger partial charge in [-0.25, -0.2) is 0 Å². The Morgan fingerprint density at radius 2 is 2.00 bits per heavy atom. The van der Waals surface area contributed by atoms with Gasteiger partial charge in [0.15, 0.2) is 0 Å². The van der Waals surface area contributed by atoms with E-state index < -0.39 is 11.9 Å². The Bertz CT molecular complexity index is 400. The zero-order valence-corrected chi connectivity index (χ0v) is 9.73.